The Bertz CT molecular complexity index is 695. The maximum atomic E-state index is 11.9. The van der Waals surface area contributed by atoms with Gasteiger partial charge >= 0.3 is 0 Å². The number of nitrogens with one attached hydrogen (secondary N) is 2. The Morgan fingerprint density at radius 2 is 2.33 bits per heavy atom. The first kappa shape index (κ1) is 13.4. The fourth-order valence-corrected chi connectivity index (χ4v) is 1.86. The number of nitrogens with zero attached hydrogens (tertiary/aromatic N) is 2. The summed E-state index contributed by atoms with van der Waals surface area (Å²) in [7, 11) is 0. The lowest BCUT2D eigenvalue weighted by Crippen LogP contribution is -2.27. The fraction of sp³-hybridized carbons (Fsp3) is 0.286. The van der Waals surface area contributed by atoms with Crippen molar-refractivity contribution in [3.63, 3.8) is 0 Å². The molecule has 1 aliphatic rings. The summed E-state index contributed by atoms with van der Waals surface area (Å²) < 4.78 is 0. The zero-order chi connectivity index (χ0) is 14.7. The van der Waals surface area contributed by atoms with Crippen molar-refractivity contribution in [1.82, 2.24) is 20.4 Å². The summed E-state index contributed by atoms with van der Waals surface area (Å²) in [6, 6.07) is 4.77. The number of pyridine rings is 1. The number of hydrogen-bond donors (Lipinski definition) is 2. The molecule has 108 valence electrons. The quantitative estimate of drug-likeness (QED) is 0.796. The van der Waals surface area contributed by atoms with Gasteiger partial charge in [0.15, 0.2) is 0 Å². The first-order chi connectivity index (χ1) is 10.2. The maximum absolute atomic E-state index is 11.9. The highest BCUT2D eigenvalue weighted by atomic mass is 16.6. The predicted molar refractivity (Wildman–Crippen MR) is 73.3 cm³/mol. The summed E-state index contributed by atoms with van der Waals surface area (Å²) in [6.07, 6.45) is 5.28. The lowest BCUT2D eigenvalue weighted by atomic mass is 10.3. The minimum absolute atomic E-state index is 0.0619. The Morgan fingerprint density at radius 1 is 1.48 bits per heavy atom. The van der Waals surface area contributed by atoms with Crippen LogP contribution in [0.4, 0.5) is 0 Å². The molecule has 2 aromatic heterocycles. The predicted octanol–water partition coefficient (Wildman–Crippen LogP) is 0.904. The molecule has 21 heavy (non-hydrogen) atoms. The van der Waals surface area contributed by atoms with Gasteiger partial charge in [-0.3, -0.25) is 19.4 Å². The van der Waals surface area contributed by atoms with E-state index in [1.54, 1.807) is 18.5 Å². The molecule has 1 saturated carbocycles. The second-order valence-corrected chi connectivity index (χ2v) is 4.87. The Kier molecular flexibility index (Phi) is 3.74. The summed E-state index contributed by atoms with van der Waals surface area (Å²) in [4.78, 5) is 39.3. The number of carbonyl (C=O) groups is 1. The van der Waals surface area contributed by atoms with E-state index in [4.69, 9.17) is 4.84 Å². The van der Waals surface area contributed by atoms with E-state index in [-0.39, 0.29) is 23.8 Å². The van der Waals surface area contributed by atoms with E-state index in [0.29, 0.717) is 5.82 Å². The van der Waals surface area contributed by atoms with Crippen LogP contribution in [0.1, 0.15) is 40.6 Å². The molecule has 1 aliphatic carbocycles. The van der Waals surface area contributed by atoms with E-state index in [0.717, 1.165) is 24.5 Å². The lowest BCUT2D eigenvalue weighted by Gasteiger charge is -2.06. The Morgan fingerprint density at radius 3 is 3.05 bits per heavy atom. The van der Waals surface area contributed by atoms with Gasteiger partial charge in [-0.05, 0) is 24.5 Å². The number of hydroxylamine groups is 1. The molecule has 0 aliphatic heterocycles. The Hall–Kier alpha value is -2.54. The number of aromatic amines is 1. The second kappa shape index (κ2) is 5.84. The standard InChI is InChI=1S/C14H14N4O3/c19-12-6-11(16-13(17-12)10-3-4-10)14(20)18-21-8-9-2-1-5-15-7-9/h1-2,5-7,10H,3-4,8H2,(H,18,20)(H,16,17,19). The van der Waals surface area contributed by atoms with Gasteiger partial charge in [-0.15, -0.1) is 0 Å². The van der Waals surface area contributed by atoms with Gasteiger partial charge in [0.25, 0.3) is 11.5 Å². The van der Waals surface area contributed by atoms with Gasteiger partial charge in [-0.1, -0.05) is 6.07 Å². The van der Waals surface area contributed by atoms with Gasteiger partial charge in [-0.25, -0.2) is 10.5 Å². The third kappa shape index (κ3) is 3.51. The van der Waals surface area contributed by atoms with Crippen LogP contribution in [0.3, 0.4) is 0 Å². The normalized spacial score (nSPS) is 13.9. The van der Waals surface area contributed by atoms with Crippen LogP contribution in [0.25, 0.3) is 0 Å². The molecule has 2 heterocycles. The molecule has 1 amide bonds. The highest BCUT2D eigenvalue weighted by molar-refractivity contribution is 5.91. The number of amides is 1. The highest BCUT2D eigenvalue weighted by Gasteiger charge is 2.27. The third-order valence-corrected chi connectivity index (χ3v) is 3.08. The third-order valence-electron chi connectivity index (χ3n) is 3.08. The van der Waals surface area contributed by atoms with Crippen LogP contribution in [0.15, 0.2) is 35.4 Å². The Balaban J connectivity index is 1.61. The van der Waals surface area contributed by atoms with Gasteiger partial charge in [0.05, 0.1) is 0 Å². The zero-order valence-corrected chi connectivity index (χ0v) is 11.2. The molecule has 7 nitrogen and oxygen atoms in total. The van der Waals surface area contributed by atoms with Crippen molar-refractivity contribution in [3.8, 4) is 0 Å². The lowest BCUT2D eigenvalue weighted by molar-refractivity contribution is 0.0228. The van der Waals surface area contributed by atoms with Gasteiger partial charge in [0, 0.05) is 24.4 Å². The first-order valence-corrected chi connectivity index (χ1v) is 6.64. The number of rotatable bonds is 5. The molecule has 2 N–H and O–H groups in total. The molecule has 2 aromatic rings. The van der Waals surface area contributed by atoms with Crippen LogP contribution < -0.4 is 11.0 Å². The molecule has 0 radical (unpaired) electrons. The van der Waals surface area contributed by atoms with Crippen molar-refractivity contribution in [2.45, 2.75) is 25.4 Å². The van der Waals surface area contributed by atoms with Gasteiger partial charge in [-0.2, -0.15) is 0 Å². The summed E-state index contributed by atoms with van der Waals surface area (Å²) >= 11 is 0. The minimum Gasteiger partial charge on any atom is -0.310 e. The van der Waals surface area contributed by atoms with Crippen LogP contribution in [-0.4, -0.2) is 20.9 Å². The molecule has 1 fully saturated rings. The van der Waals surface area contributed by atoms with Crippen molar-refractivity contribution in [2.24, 2.45) is 0 Å². The van der Waals surface area contributed by atoms with E-state index in [9.17, 15) is 9.59 Å². The minimum atomic E-state index is -0.535. The number of hydrogen-bond acceptors (Lipinski definition) is 5. The van der Waals surface area contributed by atoms with Gasteiger partial charge < -0.3 is 4.98 Å². The summed E-state index contributed by atoms with van der Waals surface area (Å²) in [5.41, 5.74) is 2.84. The molecule has 0 saturated heterocycles. The zero-order valence-electron chi connectivity index (χ0n) is 11.2. The topological polar surface area (TPSA) is 97.0 Å². The fourth-order valence-electron chi connectivity index (χ4n) is 1.86. The van der Waals surface area contributed by atoms with Crippen LogP contribution >= 0.6 is 0 Å². The molecule has 0 unspecified atom stereocenters. The van der Waals surface area contributed by atoms with Crippen molar-refractivity contribution in [2.75, 3.05) is 0 Å². The first-order valence-electron chi connectivity index (χ1n) is 6.64. The van der Waals surface area contributed by atoms with Crippen molar-refractivity contribution in [1.29, 1.82) is 0 Å². The molecular weight excluding hydrogens is 272 g/mol. The van der Waals surface area contributed by atoms with Crippen LogP contribution in [0.5, 0.6) is 0 Å². The average molecular weight is 286 g/mol. The monoisotopic (exact) mass is 286 g/mol. The van der Waals surface area contributed by atoms with Crippen LogP contribution in [0, 0.1) is 0 Å². The molecule has 0 bridgehead atoms. The van der Waals surface area contributed by atoms with E-state index in [1.165, 1.54) is 0 Å². The Labute approximate surface area is 120 Å². The van der Waals surface area contributed by atoms with Crippen molar-refractivity contribution < 1.29 is 9.63 Å². The molecular formula is C14H14N4O3. The largest absolute Gasteiger partial charge is 0.310 e. The van der Waals surface area contributed by atoms with Gasteiger partial charge in [0.2, 0.25) is 0 Å². The van der Waals surface area contributed by atoms with Crippen molar-refractivity contribution >= 4 is 5.91 Å². The van der Waals surface area contributed by atoms with Crippen LogP contribution in [0.2, 0.25) is 0 Å². The number of carbonyl (C=O) groups excluding carboxylic acids is 1. The smallest absolute Gasteiger partial charge is 0.293 e. The molecule has 0 atom stereocenters. The highest BCUT2D eigenvalue weighted by Crippen LogP contribution is 2.37. The summed E-state index contributed by atoms with van der Waals surface area (Å²) in [6.45, 7) is 0.193. The van der Waals surface area contributed by atoms with E-state index < -0.39 is 5.91 Å². The second-order valence-electron chi connectivity index (χ2n) is 4.87. The SMILES string of the molecule is O=C(NOCc1cccnc1)c1cc(=O)[nH]c(C2CC2)n1. The maximum Gasteiger partial charge on any atom is 0.293 e. The molecule has 7 heteroatoms. The number of aromatic nitrogens is 3. The summed E-state index contributed by atoms with van der Waals surface area (Å²) in [5.74, 6) is 0.300. The molecule has 0 aromatic carbocycles. The van der Waals surface area contributed by atoms with Crippen LogP contribution in [-0.2, 0) is 11.4 Å². The summed E-state index contributed by atoms with van der Waals surface area (Å²) in [5, 5.41) is 0. The van der Waals surface area contributed by atoms with E-state index in [2.05, 4.69) is 20.4 Å². The molecule has 3 rings (SSSR count). The van der Waals surface area contributed by atoms with E-state index >= 15 is 0 Å². The van der Waals surface area contributed by atoms with Gasteiger partial charge in [0.1, 0.15) is 18.1 Å². The van der Waals surface area contributed by atoms with E-state index in [1.807, 2.05) is 6.07 Å². The average Bonchev–Trinajstić information content (AvgIpc) is 3.32. The molecule has 0 spiro atoms. The van der Waals surface area contributed by atoms with Crippen molar-refractivity contribution in [3.05, 3.63) is 58.0 Å². The number of H-pyrrole nitrogens is 1.